The van der Waals surface area contributed by atoms with Crippen LogP contribution in [0, 0.1) is 0 Å². The Hall–Kier alpha value is -2.73. The van der Waals surface area contributed by atoms with Crippen LogP contribution in [0.2, 0.25) is 0 Å². The van der Waals surface area contributed by atoms with E-state index in [1.807, 2.05) is 19.1 Å². The van der Waals surface area contributed by atoms with Crippen LogP contribution in [0.3, 0.4) is 0 Å². The highest BCUT2D eigenvalue weighted by molar-refractivity contribution is 7.14. The quantitative estimate of drug-likeness (QED) is 0.380. The van der Waals surface area contributed by atoms with E-state index in [2.05, 4.69) is 92.7 Å². The lowest BCUT2D eigenvalue weighted by Crippen LogP contribution is -2.29. The molecular weight excluding hydrogens is 440 g/mol. The van der Waals surface area contributed by atoms with Crippen molar-refractivity contribution in [1.29, 1.82) is 0 Å². The van der Waals surface area contributed by atoms with E-state index in [9.17, 15) is 4.79 Å². The van der Waals surface area contributed by atoms with Crippen molar-refractivity contribution in [2.75, 3.05) is 11.9 Å². The minimum Gasteiger partial charge on any atom is -0.338 e. The Balaban J connectivity index is 1.69. The van der Waals surface area contributed by atoms with Gasteiger partial charge in [-0.3, -0.25) is 0 Å². The normalized spacial score (nSPS) is 12.0. The molecule has 0 saturated carbocycles. The van der Waals surface area contributed by atoms with Gasteiger partial charge in [-0.15, -0.1) is 10.2 Å². The molecule has 2 N–H and O–H groups in total. The van der Waals surface area contributed by atoms with Crippen LogP contribution in [-0.2, 0) is 23.7 Å². The molecule has 0 atom stereocenters. The van der Waals surface area contributed by atoms with Gasteiger partial charge in [-0.2, -0.15) is 0 Å². The lowest BCUT2D eigenvalue weighted by atomic mass is 9.79. The maximum atomic E-state index is 11.8. The van der Waals surface area contributed by atoms with Gasteiger partial charge >= 0.3 is 6.03 Å². The van der Waals surface area contributed by atoms with Crippen molar-refractivity contribution in [3.05, 3.63) is 64.2 Å². The first kappa shape index (κ1) is 25.9. The molecule has 0 spiro atoms. The topological polar surface area (TPSA) is 66.9 Å². The molecule has 3 aromatic rings. The number of aromatic nitrogens is 2. The van der Waals surface area contributed by atoms with Gasteiger partial charge in [0.2, 0.25) is 0 Å². The van der Waals surface area contributed by atoms with E-state index >= 15 is 0 Å². The Bertz CT molecular complexity index is 1070. The molecule has 5 nitrogen and oxygen atoms in total. The summed E-state index contributed by atoms with van der Waals surface area (Å²) >= 11 is 1.68. The summed E-state index contributed by atoms with van der Waals surface area (Å²) in [6, 6.07) is 14.7. The third kappa shape index (κ3) is 7.13. The number of hydrogen-bond donors (Lipinski definition) is 2. The second-order valence-corrected chi connectivity index (χ2v) is 11.9. The number of carbonyl (C=O) groups is 1. The summed E-state index contributed by atoms with van der Waals surface area (Å²) < 4.78 is 0. The summed E-state index contributed by atoms with van der Waals surface area (Å²) in [5.74, 6) is 0. The maximum Gasteiger partial charge on any atom is 0.319 e. The molecule has 0 aliphatic heterocycles. The van der Waals surface area contributed by atoms with E-state index < -0.39 is 0 Å². The third-order valence-electron chi connectivity index (χ3n) is 5.75. The molecule has 2 aromatic carbocycles. The smallest absolute Gasteiger partial charge is 0.319 e. The third-order valence-corrected chi connectivity index (χ3v) is 6.79. The molecule has 6 heteroatoms. The highest BCUT2D eigenvalue weighted by atomic mass is 32.1. The molecular formula is C28H38N4OS. The number of anilines is 1. The molecule has 0 aliphatic rings. The molecule has 0 aliphatic carbocycles. The second kappa shape index (κ2) is 10.7. The summed E-state index contributed by atoms with van der Waals surface area (Å²) in [5, 5.41) is 16.7. The number of nitrogens with zero attached hydrogens (tertiary/aromatic N) is 2. The van der Waals surface area contributed by atoms with Crippen molar-refractivity contribution >= 4 is 23.1 Å². The van der Waals surface area contributed by atoms with Crippen molar-refractivity contribution < 1.29 is 4.79 Å². The van der Waals surface area contributed by atoms with Crippen LogP contribution in [-0.4, -0.2) is 22.8 Å². The van der Waals surface area contributed by atoms with Crippen LogP contribution < -0.4 is 10.6 Å². The number of nitrogens with one attached hydrogen (secondary N) is 2. The van der Waals surface area contributed by atoms with Gasteiger partial charge in [0.25, 0.3) is 0 Å². The van der Waals surface area contributed by atoms with Gasteiger partial charge in [0, 0.05) is 24.2 Å². The van der Waals surface area contributed by atoms with E-state index in [1.54, 1.807) is 11.3 Å². The highest BCUT2D eigenvalue weighted by Gasteiger charge is 2.22. The molecule has 1 heterocycles. The fourth-order valence-corrected chi connectivity index (χ4v) is 4.33. The first-order valence-corrected chi connectivity index (χ1v) is 12.9. The number of amides is 2. The predicted octanol–water partition coefficient (Wildman–Crippen LogP) is 7.12. The fourth-order valence-electron chi connectivity index (χ4n) is 3.51. The summed E-state index contributed by atoms with van der Waals surface area (Å²) in [4.78, 5) is 11.8. The molecule has 182 valence electrons. The van der Waals surface area contributed by atoms with E-state index in [0.29, 0.717) is 6.54 Å². The van der Waals surface area contributed by atoms with Crippen LogP contribution in [0.15, 0.2) is 42.5 Å². The Morgan fingerprint density at radius 2 is 1.50 bits per heavy atom. The molecule has 34 heavy (non-hydrogen) atoms. The van der Waals surface area contributed by atoms with Crippen molar-refractivity contribution in [2.24, 2.45) is 0 Å². The minimum absolute atomic E-state index is 0.0707. The number of carbonyl (C=O) groups excluding carboxylic acids is 1. The van der Waals surface area contributed by atoms with Gasteiger partial charge in [0.1, 0.15) is 10.0 Å². The van der Waals surface area contributed by atoms with Crippen molar-refractivity contribution in [3.8, 4) is 10.6 Å². The molecule has 0 unspecified atom stereocenters. The van der Waals surface area contributed by atoms with Crippen molar-refractivity contribution in [3.63, 3.8) is 0 Å². The standard InChI is InChI=1S/C28H38N4OS/c1-8-15-29-26(33)30-23-12-9-19(10-13-23)11-14-24-31-32-25(34-24)20-16-21(27(2,3)4)18-22(17-20)28(5,6)7/h9-10,12-13,16-18H,8,11,14-15H2,1-7H3,(H2,29,30,33). The van der Waals surface area contributed by atoms with Gasteiger partial charge in [0.15, 0.2) is 0 Å². The van der Waals surface area contributed by atoms with Crippen LogP contribution in [0.1, 0.15) is 76.6 Å². The molecule has 0 bridgehead atoms. The Morgan fingerprint density at radius 1 is 0.882 bits per heavy atom. The van der Waals surface area contributed by atoms with E-state index in [1.165, 1.54) is 16.7 Å². The second-order valence-electron chi connectivity index (χ2n) is 10.9. The zero-order valence-electron chi connectivity index (χ0n) is 21.6. The molecule has 0 saturated heterocycles. The van der Waals surface area contributed by atoms with Crippen molar-refractivity contribution in [2.45, 2.75) is 78.6 Å². The first-order chi connectivity index (χ1) is 16.0. The summed E-state index contributed by atoms with van der Waals surface area (Å²) in [5.41, 5.74) is 5.94. The minimum atomic E-state index is -0.166. The zero-order valence-corrected chi connectivity index (χ0v) is 22.4. The predicted molar refractivity (Wildman–Crippen MR) is 144 cm³/mol. The highest BCUT2D eigenvalue weighted by Crippen LogP contribution is 2.35. The van der Waals surface area contributed by atoms with Crippen molar-refractivity contribution in [1.82, 2.24) is 15.5 Å². The monoisotopic (exact) mass is 478 g/mol. The Labute approximate surface area is 208 Å². The average molecular weight is 479 g/mol. The molecule has 0 radical (unpaired) electrons. The van der Waals surface area contributed by atoms with Crippen LogP contribution in [0.5, 0.6) is 0 Å². The number of rotatable bonds is 7. The number of urea groups is 1. The molecule has 3 rings (SSSR count). The zero-order chi connectivity index (χ0) is 24.9. The lowest BCUT2D eigenvalue weighted by Gasteiger charge is -2.25. The Kier molecular flexibility index (Phi) is 8.13. The van der Waals surface area contributed by atoms with Gasteiger partial charge in [-0.25, -0.2) is 4.79 Å². The maximum absolute atomic E-state index is 11.8. The van der Waals surface area contributed by atoms with Gasteiger partial charge in [-0.05, 0) is 64.6 Å². The van der Waals surface area contributed by atoms with Crippen LogP contribution >= 0.6 is 11.3 Å². The van der Waals surface area contributed by atoms with Gasteiger partial charge in [-0.1, -0.05) is 78.0 Å². The largest absolute Gasteiger partial charge is 0.338 e. The van der Waals surface area contributed by atoms with Gasteiger partial charge in [0.05, 0.1) is 0 Å². The van der Waals surface area contributed by atoms with Gasteiger partial charge < -0.3 is 10.6 Å². The summed E-state index contributed by atoms with van der Waals surface area (Å²) in [6.07, 6.45) is 2.64. The fraction of sp³-hybridized carbons (Fsp3) is 0.464. The SMILES string of the molecule is CCCNC(=O)Nc1ccc(CCc2nnc(-c3cc(C(C)(C)C)cc(C(C)(C)C)c3)s2)cc1. The van der Waals surface area contributed by atoms with Crippen LogP contribution in [0.25, 0.3) is 10.6 Å². The summed E-state index contributed by atoms with van der Waals surface area (Å²) in [6.45, 7) is 16.2. The summed E-state index contributed by atoms with van der Waals surface area (Å²) in [7, 11) is 0. The van der Waals surface area contributed by atoms with E-state index in [4.69, 9.17) is 0 Å². The number of benzene rings is 2. The average Bonchev–Trinajstić information content (AvgIpc) is 3.25. The molecule has 0 fully saturated rings. The van der Waals surface area contributed by atoms with E-state index in [-0.39, 0.29) is 16.9 Å². The molecule has 1 aromatic heterocycles. The van der Waals surface area contributed by atoms with E-state index in [0.717, 1.165) is 40.5 Å². The molecule has 2 amide bonds. The van der Waals surface area contributed by atoms with Crippen LogP contribution in [0.4, 0.5) is 10.5 Å². The Morgan fingerprint density at radius 3 is 2.06 bits per heavy atom. The number of aryl methyl sites for hydroxylation is 2. The lowest BCUT2D eigenvalue weighted by molar-refractivity contribution is 0.252. The first-order valence-electron chi connectivity index (χ1n) is 12.1. The number of hydrogen-bond acceptors (Lipinski definition) is 4.